The van der Waals surface area contributed by atoms with Gasteiger partial charge in [0.05, 0.1) is 12.3 Å². The number of primary amides is 1. The molecule has 0 unspecified atom stereocenters. The Labute approximate surface area is 91.8 Å². The maximum atomic E-state index is 10.6. The van der Waals surface area contributed by atoms with Crippen LogP contribution in [0.15, 0.2) is 5.16 Å². The van der Waals surface area contributed by atoms with Crippen molar-refractivity contribution >= 4 is 17.7 Å². The summed E-state index contributed by atoms with van der Waals surface area (Å²) in [6, 6.07) is 0. The van der Waals surface area contributed by atoms with Crippen LogP contribution in [0, 0.1) is 0 Å². The molecular formula is C7H14N6OS. The van der Waals surface area contributed by atoms with Crippen molar-refractivity contribution in [3.8, 4) is 0 Å². The van der Waals surface area contributed by atoms with E-state index >= 15 is 0 Å². The number of hydrogen-bond acceptors (Lipinski definition) is 6. The predicted octanol–water partition coefficient (Wildman–Crippen LogP) is -1.14. The molecule has 0 fully saturated rings. The molecule has 0 aromatic carbocycles. The standard InChI is InChI=1S/C7H14N6OS/c1-2-9-3-4-13-7(10-11-12-13)15-5-6(8)14/h9H,2-5H2,1H3,(H2,8,14). The second-order valence-electron chi connectivity index (χ2n) is 2.79. The number of nitrogens with zero attached hydrogens (tertiary/aromatic N) is 4. The maximum Gasteiger partial charge on any atom is 0.227 e. The average molecular weight is 230 g/mol. The van der Waals surface area contributed by atoms with Crippen LogP contribution in [0.2, 0.25) is 0 Å². The third-order valence-electron chi connectivity index (χ3n) is 1.59. The smallest absolute Gasteiger partial charge is 0.227 e. The summed E-state index contributed by atoms with van der Waals surface area (Å²) in [6.45, 7) is 4.42. The first-order valence-electron chi connectivity index (χ1n) is 4.62. The number of carbonyl (C=O) groups is 1. The average Bonchev–Trinajstić information content (AvgIpc) is 2.63. The van der Waals surface area contributed by atoms with E-state index < -0.39 is 0 Å². The lowest BCUT2D eigenvalue weighted by Gasteiger charge is -2.03. The minimum Gasteiger partial charge on any atom is -0.369 e. The van der Waals surface area contributed by atoms with Gasteiger partial charge in [0.25, 0.3) is 0 Å². The number of carbonyl (C=O) groups excluding carboxylic acids is 1. The number of likely N-dealkylation sites (N-methyl/N-ethyl adjacent to an activating group) is 1. The van der Waals surface area contributed by atoms with Crippen LogP contribution in [0.4, 0.5) is 0 Å². The van der Waals surface area contributed by atoms with E-state index in [0.717, 1.165) is 13.1 Å². The molecule has 1 aromatic heterocycles. The number of thioether (sulfide) groups is 1. The number of amides is 1. The van der Waals surface area contributed by atoms with Crippen molar-refractivity contribution in [2.75, 3.05) is 18.8 Å². The van der Waals surface area contributed by atoms with Crippen LogP contribution in [-0.2, 0) is 11.3 Å². The zero-order valence-corrected chi connectivity index (χ0v) is 9.33. The predicted molar refractivity (Wildman–Crippen MR) is 56.3 cm³/mol. The third kappa shape index (κ3) is 4.26. The van der Waals surface area contributed by atoms with E-state index in [1.165, 1.54) is 11.8 Å². The van der Waals surface area contributed by atoms with Crippen LogP contribution in [0.1, 0.15) is 6.92 Å². The molecule has 0 aliphatic carbocycles. The molecule has 1 rings (SSSR count). The minimum absolute atomic E-state index is 0.196. The van der Waals surface area contributed by atoms with Crippen LogP contribution in [-0.4, -0.2) is 45.0 Å². The van der Waals surface area contributed by atoms with Gasteiger partial charge in [-0.3, -0.25) is 4.79 Å². The van der Waals surface area contributed by atoms with Crippen molar-refractivity contribution in [1.29, 1.82) is 0 Å². The first-order valence-corrected chi connectivity index (χ1v) is 5.60. The molecule has 1 aromatic rings. The molecule has 3 N–H and O–H groups in total. The second-order valence-corrected chi connectivity index (χ2v) is 3.74. The van der Waals surface area contributed by atoms with E-state index in [4.69, 9.17) is 5.73 Å². The van der Waals surface area contributed by atoms with Gasteiger partial charge in [0, 0.05) is 6.54 Å². The number of nitrogens with two attached hydrogens (primary N) is 1. The normalized spacial score (nSPS) is 10.5. The van der Waals surface area contributed by atoms with Gasteiger partial charge >= 0.3 is 0 Å². The molecule has 0 bridgehead atoms. The van der Waals surface area contributed by atoms with E-state index in [0.29, 0.717) is 11.7 Å². The Morgan fingerprint density at radius 2 is 2.47 bits per heavy atom. The molecule has 0 radical (unpaired) electrons. The summed E-state index contributed by atoms with van der Waals surface area (Å²) in [5.74, 6) is -0.178. The summed E-state index contributed by atoms with van der Waals surface area (Å²) in [4.78, 5) is 10.6. The van der Waals surface area contributed by atoms with Crippen LogP contribution in [0.5, 0.6) is 0 Å². The Bertz CT molecular complexity index is 314. The Hall–Kier alpha value is -1.15. The van der Waals surface area contributed by atoms with E-state index in [2.05, 4.69) is 20.8 Å². The van der Waals surface area contributed by atoms with E-state index in [1.54, 1.807) is 4.68 Å². The van der Waals surface area contributed by atoms with Gasteiger partial charge in [0.15, 0.2) is 0 Å². The molecule has 0 saturated carbocycles. The molecule has 8 heteroatoms. The van der Waals surface area contributed by atoms with Gasteiger partial charge in [-0.2, -0.15) is 0 Å². The van der Waals surface area contributed by atoms with Crippen molar-refractivity contribution in [2.24, 2.45) is 5.73 Å². The molecule has 84 valence electrons. The number of hydrogen-bond donors (Lipinski definition) is 2. The van der Waals surface area contributed by atoms with Crippen molar-refractivity contribution < 1.29 is 4.79 Å². The first kappa shape index (κ1) is 11.9. The van der Waals surface area contributed by atoms with E-state index in [9.17, 15) is 4.79 Å². The summed E-state index contributed by atoms with van der Waals surface area (Å²) in [7, 11) is 0. The molecule has 15 heavy (non-hydrogen) atoms. The van der Waals surface area contributed by atoms with Crippen molar-refractivity contribution in [1.82, 2.24) is 25.5 Å². The lowest BCUT2D eigenvalue weighted by Crippen LogP contribution is -2.20. The quantitative estimate of drug-likeness (QED) is 0.454. The van der Waals surface area contributed by atoms with E-state index in [1.807, 2.05) is 6.92 Å². The SMILES string of the molecule is CCNCCn1nnnc1SCC(N)=O. The molecule has 1 heterocycles. The second kappa shape index (κ2) is 6.36. The van der Waals surface area contributed by atoms with Gasteiger partial charge in [0.1, 0.15) is 0 Å². The van der Waals surface area contributed by atoms with Gasteiger partial charge in [-0.05, 0) is 17.0 Å². The lowest BCUT2D eigenvalue weighted by atomic mass is 10.6. The van der Waals surface area contributed by atoms with Crippen LogP contribution in [0.3, 0.4) is 0 Å². The highest BCUT2D eigenvalue weighted by Gasteiger charge is 2.07. The summed E-state index contributed by atoms with van der Waals surface area (Å²) in [5, 5.41) is 14.9. The number of rotatable bonds is 7. The maximum absolute atomic E-state index is 10.6. The van der Waals surface area contributed by atoms with Crippen molar-refractivity contribution in [3.63, 3.8) is 0 Å². The largest absolute Gasteiger partial charge is 0.369 e. The fourth-order valence-electron chi connectivity index (χ4n) is 0.938. The zero-order chi connectivity index (χ0) is 11.1. The fraction of sp³-hybridized carbons (Fsp3) is 0.714. The monoisotopic (exact) mass is 230 g/mol. The Balaban J connectivity index is 2.42. The Morgan fingerprint density at radius 1 is 1.67 bits per heavy atom. The van der Waals surface area contributed by atoms with Gasteiger partial charge in [-0.15, -0.1) is 5.10 Å². The Morgan fingerprint density at radius 3 is 3.13 bits per heavy atom. The molecule has 0 saturated heterocycles. The number of nitrogens with one attached hydrogen (secondary N) is 1. The molecule has 0 spiro atoms. The van der Waals surface area contributed by atoms with Crippen molar-refractivity contribution in [2.45, 2.75) is 18.6 Å². The zero-order valence-electron chi connectivity index (χ0n) is 8.51. The van der Waals surface area contributed by atoms with Crippen molar-refractivity contribution in [3.05, 3.63) is 0 Å². The molecule has 0 atom stereocenters. The number of tetrazole rings is 1. The summed E-state index contributed by atoms with van der Waals surface area (Å²) in [6.07, 6.45) is 0. The molecule has 0 aliphatic rings. The molecule has 7 nitrogen and oxygen atoms in total. The van der Waals surface area contributed by atoms with Gasteiger partial charge in [-0.25, -0.2) is 4.68 Å². The highest BCUT2D eigenvalue weighted by Crippen LogP contribution is 2.11. The summed E-state index contributed by atoms with van der Waals surface area (Å²) in [5.41, 5.74) is 5.03. The van der Waals surface area contributed by atoms with Gasteiger partial charge < -0.3 is 11.1 Å². The van der Waals surface area contributed by atoms with Gasteiger partial charge in [0.2, 0.25) is 11.1 Å². The molecular weight excluding hydrogens is 216 g/mol. The minimum atomic E-state index is -0.374. The molecule has 0 aliphatic heterocycles. The number of aromatic nitrogens is 4. The first-order chi connectivity index (χ1) is 7.24. The highest BCUT2D eigenvalue weighted by atomic mass is 32.2. The van der Waals surface area contributed by atoms with Crippen LogP contribution >= 0.6 is 11.8 Å². The topological polar surface area (TPSA) is 98.7 Å². The van der Waals surface area contributed by atoms with Crippen LogP contribution in [0.25, 0.3) is 0 Å². The fourth-order valence-corrected chi connectivity index (χ4v) is 1.58. The van der Waals surface area contributed by atoms with E-state index in [-0.39, 0.29) is 11.7 Å². The summed E-state index contributed by atoms with van der Waals surface area (Å²) < 4.78 is 1.65. The summed E-state index contributed by atoms with van der Waals surface area (Å²) >= 11 is 1.24. The highest BCUT2D eigenvalue weighted by molar-refractivity contribution is 7.99. The molecule has 1 amide bonds. The van der Waals surface area contributed by atoms with Gasteiger partial charge in [-0.1, -0.05) is 18.7 Å². The lowest BCUT2D eigenvalue weighted by molar-refractivity contribution is -0.115. The Kier molecular flexibility index (Phi) is 5.05. The van der Waals surface area contributed by atoms with Crippen LogP contribution < -0.4 is 11.1 Å². The third-order valence-corrected chi connectivity index (χ3v) is 2.57.